The van der Waals surface area contributed by atoms with Gasteiger partial charge in [-0.05, 0) is 108 Å². The summed E-state index contributed by atoms with van der Waals surface area (Å²) in [5, 5.41) is 7.95. The van der Waals surface area contributed by atoms with Crippen LogP contribution in [0.2, 0.25) is 0 Å². The number of aryl methyl sites for hydroxylation is 2. The molecule has 7 aromatic rings. The highest BCUT2D eigenvalue weighted by Crippen LogP contribution is 2.58. The first-order valence-electron chi connectivity index (χ1n) is 13.4. The van der Waals surface area contributed by atoms with Crippen LogP contribution in [-0.2, 0) is 0 Å². The van der Waals surface area contributed by atoms with E-state index in [9.17, 15) is 0 Å². The molecule has 0 unspecified atom stereocenters. The number of fused-ring (bicyclic) bond motifs is 6. The molecular formula is C38H26. The minimum absolute atomic E-state index is 1.29. The van der Waals surface area contributed by atoms with Crippen LogP contribution in [0, 0.1) is 13.8 Å². The molecule has 0 bridgehead atoms. The Morgan fingerprint density at radius 1 is 0.342 bits per heavy atom. The van der Waals surface area contributed by atoms with Gasteiger partial charge in [0.05, 0.1) is 0 Å². The molecule has 38 heavy (non-hydrogen) atoms. The van der Waals surface area contributed by atoms with Crippen LogP contribution < -0.4 is 0 Å². The highest BCUT2D eigenvalue weighted by atomic mass is 14.3. The number of rotatable bonds is 2. The van der Waals surface area contributed by atoms with Gasteiger partial charge in [-0.2, -0.15) is 0 Å². The molecule has 0 aliphatic heterocycles. The minimum atomic E-state index is 1.29. The lowest BCUT2D eigenvalue weighted by atomic mass is 9.81. The van der Waals surface area contributed by atoms with Crippen molar-refractivity contribution in [2.24, 2.45) is 0 Å². The third kappa shape index (κ3) is 2.80. The maximum absolute atomic E-state index is 2.44. The van der Waals surface area contributed by atoms with Crippen molar-refractivity contribution in [1.29, 1.82) is 0 Å². The minimum Gasteiger partial charge on any atom is -0.0620 e. The monoisotopic (exact) mass is 482 g/mol. The van der Waals surface area contributed by atoms with E-state index >= 15 is 0 Å². The van der Waals surface area contributed by atoms with E-state index in [1.807, 2.05) is 0 Å². The highest BCUT2D eigenvalue weighted by molar-refractivity contribution is 6.31. The summed E-state index contributed by atoms with van der Waals surface area (Å²) in [5.74, 6) is 0. The molecule has 1 aliphatic carbocycles. The van der Waals surface area contributed by atoms with E-state index in [0.717, 1.165) is 0 Å². The largest absolute Gasteiger partial charge is 0.0620 e. The Labute approximate surface area is 222 Å². The molecule has 7 aromatic carbocycles. The summed E-state index contributed by atoms with van der Waals surface area (Å²) in [6.45, 7) is 4.48. The molecule has 0 radical (unpaired) electrons. The molecule has 0 heteroatoms. The van der Waals surface area contributed by atoms with E-state index < -0.39 is 0 Å². The lowest BCUT2D eigenvalue weighted by Gasteiger charge is -2.22. The topological polar surface area (TPSA) is 0 Å². The van der Waals surface area contributed by atoms with Gasteiger partial charge < -0.3 is 0 Å². The van der Waals surface area contributed by atoms with Gasteiger partial charge in [0.2, 0.25) is 0 Å². The van der Waals surface area contributed by atoms with Gasteiger partial charge in [-0.3, -0.25) is 0 Å². The standard InChI is InChI=1S/C38H26/c1-23-12-3-6-15-26(23)35-30-18-9-10-19-31(30)36(27-16-7-4-13-24(27)2)38-33-22-25-14-5-8-17-28(25)29-20-11-21-32(34(29)33)37(35)38/h3-22H,1-2H3. The fraction of sp³-hybridized carbons (Fsp3) is 0.0526. The van der Waals surface area contributed by atoms with Crippen molar-refractivity contribution in [3.8, 4) is 44.5 Å². The van der Waals surface area contributed by atoms with E-state index in [4.69, 9.17) is 0 Å². The first kappa shape index (κ1) is 21.4. The second-order valence-corrected chi connectivity index (χ2v) is 10.5. The number of hydrogen-bond acceptors (Lipinski definition) is 0. The van der Waals surface area contributed by atoms with Crippen LogP contribution >= 0.6 is 0 Å². The van der Waals surface area contributed by atoms with E-state index in [-0.39, 0.29) is 0 Å². The van der Waals surface area contributed by atoms with Crippen molar-refractivity contribution in [2.75, 3.05) is 0 Å². The highest BCUT2D eigenvalue weighted by Gasteiger charge is 2.31. The summed E-state index contributed by atoms with van der Waals surface area (Å²) in [7, 11) is 0. The predicted octanol–water partition coefficient (Wildman–Crippen LogP) is 10.7. The van der Waals surface area contributed by atoms with Crippen LogP contribution in [0.15, 0.2) is 121 Å². The Morgan fingerprint density at radius 3 is 1.45 bits per heavy atom. The second-order valence-electron chi connectivity index (χ2n) is 10.5. The van der Waals surface area contributed by atoms with Crippen LogP contribution in [0.1, 0.15) is 11.1 Å². The quantitative estimate of drug-likeness (QED) is 0.215. The SMILES string of the molecule is Cc1ccccc1-c1c2c(c(-c3ccccc3C)c3ccccc13)-c1cc3ccccc3c3cccc-2c13. The first-order valence-corrected chi connectivity index (χ1v) is 13.4. The fourth-order valence-corrected chi connectivity index (χ4v) is 6.81. The molecule has 0 N–H and O–H groups in total. The zero-order valence-corrected chi connectivity index (χ0v) is 21.5. The normalized spacial score (nSPS) is 11.9. The molecule has 8 rings (SSSR count). The van der Waals surface area contributed by atoms with Crippen molar-refractivity contribution in [3.63, 3.8) is 0 Å². The van der Waals surface area contributed by atoms with E-state index in [0.29, 0.717) is 0 Å². The molecule has 0 saturated carbocycles. The lowest BCUT2D eigenvalue weighted by molar-refractivity contribution is 1.46. The van der Waals surface area contributed by atoms with Crippen LogP contribution in [0.5, 0.6) is 0 Å². The van der Waals surface area contributed by atoms with E-state index in [1.54, 1.807) is 0 Å². The van der Waals surface area contributed by atoms with Gasteiger partial charge in [0.15, 0.2) is 0 Å². The average molecular weight is 483 g/mol. The molecule has 0 nitrogen and oxygen atoms in total. The Kier molecular flexibility index (Phi) is 4.46. The summed E-state index contributed by atoms with van der Waals surface area (Å²) in [6, 6.07) is 44.9. The summed E-state index contributed by atoms with van der Waals surface area (Å²) in [6.07, 6.45) is 0. The molecule has 0 atom stereocenters. The fourth-order valence-electron chi connectivity index (χ4n) is 6.81. The zero-order chi connectivity index (χ0) is 25.4. The van der Waals surface area contributed by atoms with Crippen molar-refractivity contribution in [2.45, 2.75) is 13.8 Å². The first-order chi connectivity index (χ1) is 18.7. The molecule has 0 spiro atoms. The van der Waals surface area contributed by atoms with Crippen LogP contribution in [0.4, 0.5) is 0 Å². The van der Waals surface area contributed by atoms with Crippen molar-refractivity contribution >= 4 is 32.3 Å². The third-order valence-electron chi connectivity index (χ3n) is 8.47. The van der Waals surface area contributed by atoms with Gasteiger partial charge in [0, 0.05) is 0 Å². The molecule has 0 fully saturated rings. The molecule has 0 aromatic heterocycles. The molecular weight excluding hydrogens is 456 g/mol. The van der Waals surface area contributed by atoms with E-state index in [2.05, 4.69) is 135 Å². The Morgan fingerprint density at radius 2 is 0.816 bits per heavy atom. The van der Waals surface area contributed by atoms with Gasteiger partial charge in [-0.25, -0.2) is 0 Å². The van der Waals surface area contributed by atoms with Crippen molar-refractivity contribution in [1.82, 2.24) is 0 Å². The van der Waals surface area contributed by atoms with Crippen LogP contribution in [-0.4, -0.2) is 0 Å². The van der Waals surface area contributed by atoms with Crippen molar-refractivity contribution < 1.29 is 0 Å². The van der Waals surface area contributed by atoms with Gasteiger partial charge in [0.1, 0.15) is 0 Å². The number of benzene rings is 7. The Hall–Kier alpha value is -4.68. The number of hydrogen-bond donors (Lipinski definition) is 0. The average Bonchev–Trinajstić information content (AvgIpc) is 3.28. The molecule has 178 valence electrons. The lowest BCUT2D eigenvalue weighted by Crippen LogP contribution is -1.95. The predicted molar refractivity (Wildman–Crippen MR) is 164 cm³/mol. The zero-order valence-electron chi connectivity index (χ0n) is 21.5. The molecule has 0 heterocycles. The summed E-state index contributed by atoms with van der Waals surface area (Å²) in [4.78, 5) is 0. The molecule has 1 aliphatic rings. The van der Waals surface area contributed by atoms with Crippen LogP contribution in [0.3, 0.4) is 0 Å². The summed E-state index contributed by atoms with van der Waals surface area (Å²) in [5.41, 5.74) is 13.3. The second kappa shape index (κ2) is 7.91. The molecule has 0 amide bonds. The van der Waals surface area contributed by atoms with Gasteiger partial charge in [-0.15, -0.1) is 0 Å². The van der Waals surface area contributed by atoms with Gasteiger partial charge >= 0.3 is 0 Å². The molecule has 0 saturated heterocycles. The Bertz CT molecular complexity index is 2090. The summed E-state index contributed by atoms with van der Waals surface area (Å²) >= 11 is 0. The summed E-state index contributed by atoms with van der Waals surface area (Å²) < 4.78 is 0. The van der Waals surface area contributed by atoms with Crippen LogP contribution in [0.25, 0.3) is 76.8 Å². The maximum Gasteiger partial charge on any atom is -0.000709 e. The third-order valence-corrected chi connectivity index (χ3v) is 8.47. The van der Waals surface area contributed by atoms with Gasteiger partial charge in [-0.1, -0.05) is 115 Å². The Balaban J connectivity index is 1.68. The van der Waals surface area contributed by atoms with Gasteiger partial charge in [0.25, 0.3) is 0 Å². The smallest absolute Gasteiger partial charge is 0.000709 e. The van der Waals surface area contributed by atoms with E-state index in [1.165, 1.54) is 88.0 Å². The van der Waals surface area contributed by atoms with Crippen molar-refractivity contribution in [3.05, 3.63) is 132 Å². The maximum atomic E-state index is 2.44.